The molecule has 1 aromatic heterocycles. The molecule has 0 radical (unpaired) electrons. The van der Waals surface area contributed by atoms with Gasteiger partial charge < -0.3 is 15.3 Å². The lowest BCUT2D eigenvalue weighted by atomic mass is 9.89. The van der Waals surface area contributed by atoms with Crippen molar-refractivity contribution in [2.75, 3.05) is 29.1 Å². The number of aliphatic hydroxyl groups excluding tert-OH is 1. The molecule has 0 spiro atoms. The Kier molecular flexibility index (Phi) is 5.18. The van der Waals surface area contributed by atoms with Crippen molar-refractivity contribution in [2.24, 2.45) is 5.92 Å². The van der Waals surface area contributed by atoms with E-state index in [1.807, 2.05) is 4.90 Å². The van der Waals surface area contributed by atoms with E-state index in [2.05, 4.69) is 15.3 Å². The molecule has 9 heteroatoms. The van der Waals surface area contributed by atoms with E-state index in [1.165, 1.54) is 12.1 Å². The molecule has 2 aliphatic heterocycles. The van der Waals surface area contributed by atoms with E-state index >= 15 is 0 Å². The summed E-state index contributed by atoms with van der Waals surface area (Å²) in [7, 11) is -1.16. The van der Waals surface area contributed by atoms with Crippen LogP contribution in [-0.2, 0) is 17.2 Å². The van der Waals surface area contributed by atoms with Crippen LogP contribution in [0.25, 0.3) is 0 Å². The number of aromatic nitrogens is 2. The Bertz CT molecular complexity index is 993. The molecule has 2 unspecified atom stereocenters. The maximum Gasteiger partial charge on any atom is 0.227 e. The van der Waals surface area contributed by atoms with Gasteiger partial charge in [0.1, 0.15) is 28.6 Å². The molecule has 2 fully saturated rings. The summed E-state index contributed by atoms with van der Waals surface area (Å²) in [6, 6.07) is 3.78. The number of halogens is 2. The SMILES string of the molecule is O=S1CCc2nc(N3CCC(c4ccc(F)cc4F)CC3)nc(NC(O)C3CC3)c21. The Morgan fingerprint density at radius 2 is 1.93 bits per heavy atom. The zero-order chi connectivity index (χ0) is 20.8. The van der Waals surface area contributed by atoms with Gasteiger partial charge in [-0.2, -0.15) is 4.98 Å². The van der Waals surface area contributed by atoms with Crippen molar-refractivity contribution in [1.29, 1.82) is 0 Å². The molecule has 1 aromatic carbocycles. The first kappa shape index (κ1) is 19.8. The van der Waals surface area contributed by atoms with Crippen molar-refractivity contribution >= 4 is 22.6 Å². The van der Waals surface area contributed by atoms with Gasteiger partial charge in [-0.05, 0) is 43.2 Å². The average molecular weight is 435 g/mol. The molecule has 30 heavy (non-hydrogen) atoms. The van der Waals surface area contributed by atoms with Crippen molar-refractivity contribution in [3.05, 3.63) is 41.1 Å². The molecular formula is C21H24F2N4O2S. The van der Waals surface area contributed by atoms with Gasteiger partial charge >= 0.3 is 0 Å². The zero-order valence-corrected chi connectivity index (χ0v) is 17.3. The largest absolute Gasteiger partial charge is 0.373 e. The highest BCUT2D eigenvalue weighted by atomic mass is 32.2. The average Bonchev–Trinajstić information content (AvgIpc) is 3.51. The Labute approximate surface area is 176 Å². The van der Waals surface area contributed by atoms with Gasteiger partial charge in [0, 0.05) is 37.2 Å². The molecule has 6 nitrogen and oxygen atoms in total. The molecule has 1 saturated heterocycles. The Morgan fingerprint density at radius 3 is 2.63 bits per heavy atom. The Balaban J connectivity index is 1.35. The molecule has 0 bridgehead atoms. The van der Waals surface area contributed by atoms with Crippen molar-refractivity contribution < 1.29 is 18.1 Å². The molecule has 0 amide bonds. The summed E-state index contributed by atoms with van der Waals surface area (Å²) in [5.41, 5.74) is 1.33. The first-order valence-electron chi connectivity index (χ1n) is 10.4. The molecule has 3 heterocycles. The van der Waals surface area contributed by atoms with Crippen molar-refractivity contribution in [2.45, 2.75) is 49.1 Å². The van der Waals surface area contributed by atoms with Gasteiger partial charge in [-0.25, -0.2) is 13.8 Å². The molecule has 3 aliphatic rings. The number of aryl methyl sites for hydroxylation is 1. The highest BCUT2D eigenvalue weighted by Crippen LogP contribution is 2.37. The van der Waals surface area contributed by atoms with Crippen LogP contribution in [0.2, 0.25) is 0 Å². The number of anilines is 2. The number of hydrogen-bond donors (Lipinski definition) is 2. The molecule has 5 rings (SSSR count). The van der Waals surface area contributed by atoms with Gasteiger partial charge in [-0.15, -0.1) is 0 Å². The zero-order valence-electron chi connectivity index (χ0n) is 16.5. The van der Waals surface area contributed by atoms with E-state index in [0.29, 0.717) is 60.3 Å². The Morgan fingerprint density at radius 1 is 1.17 bits per heavy atom. The molecule has 160 valence electrons. The van der Waals surface area contributed by atoms with Crippen molar-refractivity contribution in [1.82, 2.24) is 9.97 Å². The number of aliphatic hydroxyl groups is 1. The van der Waals surface area contributed by atoms with Gasteiger partial charge in [0.2, 0.25) is 5.95 Å². The molecule has 2 aromatic rings. The third-order valence-corrected chi connectivity index (χ3v) is 7.67. The number of hydrogen-bond acceptors (Lipinski definition) is 6. The normalized spacial score (nSPS) is 22.8. The fourth-order valence-corrected chi connectivity index (χ4v) is 5.63. The number of fused-ring (bicyclic) bond motifs is 1. The van der Waals surface area contributed by atoms with Gasteiger partial charge in [-0.3, -0.25) is 4.21 Å². The van der Waals surface area contributed by atoms with Crippen LogP contribution in [0.4, 0.5) is 20.5 Å². The standard InChI is InChI=1S/C21H24F2N4O2S/c22-14-3-4-15(16(23)11-14)12-5-8-27(9-6-12)21-24-17-7-10-30(29)18(17)19(26-21)25-20(28)13-1-2-13/h3-4,11-13,20,28H,1-2,5-10H2,(H,24,25,26). The second-order valence-electron chi connectivity index (χ2n) is 8.30. The van der Waals surface area contributed by atoms with Gasteiger partial charge in [-0.1, -0.05) is 6.07 Å². The maximum absolute atomic E-state index is 14.1. The van der Waals surface area contributed by atoms with Crippen LogP contribution >= 0.6 is 0 Å². The summed E-state index contributed by atoms with van der Waals surface area (Å²) in [5.74, 6) is 0.728. The maximum atomic E-state index is 14.1. The lowest BCUT2D eigenvalue weighted by Crippen LogP contribution is -2.35. The van der Waals surface area contributed by atoms with E-state index in [4.69, 9.17) is 0 Å². The van der Waals surface area contributed by atoms with Crippen LogP contribution in [0.15, 0.2) is 23.1 Å². The number of benzene rings is 1. The molecule has 2 atom stereocenters. The second kappa shape index (κ2) is 7.85. The summed E-state index contributed by atoms with van der Waals surface area (Å²) >= 11 is 0. The summed E-state index contributed by atoms with van der Waals surface area (Å²) in [6.07, 6.45) is 3.31. The third kappa shape index (κ3) is 3.80. The lowest BCUT2D eigenvalue weighted by Gasteiger charge is -2.33. The quantitative estimate of drug-likeness (QED) is 0.705. The topological polar surface area (TPSA) is 78.4 Å². The van der Waals surface area contributed by atoms with Crippen LogP contribution < -0.4 is 10.2 Å². The smallest absolute Gasteiger partial charge is 0.227 e. The first-order chi connectivity index (χ1) is 14.5. The summed E-state index contributed by atoms with van der Waals surface area (Å²) < 4.78 is 39.8. The van der Waals surface area contributed by atoms with E-state index in [0.717, 1.165) is 24.6 Å². The molecular weight excluding hydrogens is 410 g/mol. The number of rotatable bonds is 5. The van der Waals surface area contributed by atoms with Crippen molar-refractivity contribution in [3.63, 3.8) is 0 Å². The minimum Gasteiger partial charge on any atom is -0.373 e. The number of nitrogens with one attached hydrogen (secondary N) is 1. The predicted molar refractivity (Wildman–Crippen MR) is 110 cm³/mol. The van der Waals surface area contributed by atoms with Crippen LogP contribution in [0.1, 0.15) is 42.9 Å². The Hall–Kier alpha value is -2.13. The molecule has 2 N–H and O–H groups in total. The summed E-state index contributed by atoms with van der Waals surface area (Å²) in [6.45, 7) is 1.29. The fourth-order valence-electron chi connectivity index (χ4n) is 4.32. The van der Waals surface area contributed by atoms with Crippen LogP contribution in [0, 0.1) is 17.6 Å². The monoisotopic (exact) mass is 434 g/mol. The molecule has 1 aliphatic carbocycles. The minimum absolute atomic E-state index is 0.0260. The van der Waals surface area contributed by atoms with E-state index in [1.54, 1.807) is 0 Å². The van der Waals surface area contributed by atoms with Crippen LogP contribution in [0.5, 0.6) is 0 Å². The van der Waals surface area contributed by atoms with E-state index < -0.39 is 28.7 Å². The van der Waals surface area contributed by atoms with Crippen LogP contribution in [-0.4, -0.2) is 44.4 Å². The first-order valence-corrected chi connectivity index (χ1v) is 11.8. The van der Waals surface area contributed by atoms with Crippen molar-refractivity contribution in [3.8, 4) is 0 Å². The number of piperidine rings is 1. The second-order valence-corrected chi connectivity index (χ2v) is 9.81. The summed E-state index contributed by atoms with van der Waals surface area (Å²) in [5, 5.41) is 13.4. The van der Waals surface area contributed by atoms with Gasteiger partial charge in [0.25, 0.3) is 0 Å². The molecule has 1 saturated carbocycles. The van der Waals surface area contributed by atoms with Gasteiger partial charge in [0.15, 0.2) is 0 Å². The number of nitrogens with zero attached hydrogens (tertiary/aromatic N) is 3. The highest BCUT2D eigenvalue weighted by molar-refractivity contribution is 7.85. The van der Waals surface area contributed by atoms with E-state index in [9.17, 15) is 18.1 Å². The summed E-state index contributed by atoms with van der Waals surface area (Å²) in [4.78, 5) is 11.9. The predicted octanol–water partition coefficient (Wildman–Crippen LogP) is 2.94. The van der Waals surface area contributed by atoms with Crippen LogP contribution in [0.3, 0.4) is 0 Å². The third-order valence-electron chi connectivity index (χ3n) is 6.21. The lowest BCUT2D eigenvalue weighted by molar-refractivity contribution is 0.179. The van der Waals surface area contributed by atoms with Gasteiger partial charge in [0.05, 0.1) is 16.5 Å². The highest BCUT2D eigenvalue weighted by Gasteiger charge is 2.34. The van der Waals surface area contributed by atoms with E-state index in [-0.39, 0.29) is 11.8 Å². The minimum atomic E-state index is -1.16. The fraction of sp³-hybridized carbons (Fsp3) is 0.524.